The molecule has 0 saturated carbocycles. The fraction of sp³-hybridized carbons (Fsp3) is 0.0909. The van der Waals surface area contributed by atoms with Crippen molar-refractivity contribution in [2.75, 3.05) is 6.61 Å². The molecule has 0 heterocycles. The molecule has 1 rings (SSSR count). The monoisotopic (exact) mass is 283 g/mol. The fourth-order valence-corrected chi connectivity index (χ4v) is 1.60. The zero-order valence-electron chi connectivity index (χ0n) is 9.61. The molecule has 0 radical (unpaired) electrons. The lowest BCUT2D eigenvalue weighted by Gasteiger charge is -2.07. The van der Waals surface area contributed by atoms with Gasteiger partial charge in [0.2, 0.25) is 0 Å². The van der Waals surface area contributed by atoms with Gasteiger partial charge in [0.15, 0.2) is 5.75 Å². The van der Waals surface area contributed by atoms with Crippen molar-refractivity contribution in [2.24, 2.45) is 4.40 Å². The average Bonchev–Trinajstić information content (AvgIpc) is 2.36. The van der Waals surface area contributed by atoms with E-state index in [1.54, 1.807) is 0 Å². The highest BCUT2D eigenvalue weighted by atomic mass is 32.2. The van der Waals surface area contributed by atoms with Gasteiger partial charge in [-0.1, -0.05) is 24.8 Å². The van der Waals surface area contributed by atoms with Gasteiger partial charge in [-0.05, 0) is 16.5 Å². The standard InChI is InChI=1S/C11H9NO6S/c1-2-7-17-11(14)9-5-3-4-6-10(9)18-19(15,16)12-8-13/h2-6H,1,7H2. The fourth-order valence-electron chi connectivity index (χ4n) is 1.10. The van der Waals surface area contributed by atoms with Crippen LogP contribution >= 0.6 is 0 Å². The Morgan fingerprint density at radius 3 is 2.74 bits per heavy atom. The number of carbonyl (C=O) groups excluding carboxylic acids is 2. The molecule has 0 amide bonds. The number of esters is 1. The lowest BCUT2D eigenvalue weighted by atomic mass is 10.2. The topological polar surface area (TPSA) is 99.1 Å². The van der Waals surface area contributed by atoms with Crippen LogP contribution in [0.15, 0.2) is 41.3 Å². The summed E-state index contributed by atoms with van der Waals surface area (Å²) in [6.07, 6.45) is 2.20. The number of benzene rings is 1. The molecule has 0 aliphatic rings. The van der Waals surface area contributed by atoms with Crippen molar-refractivity contribution < 1.29 is 26.9 Å². The van der Waals surface area contributed by atoms with Crippen LogP contribution in [-0.4, -0.2) is 27.1 Å². The Balaban J connectivity index is 3.06. The number of para-hydroxylation sites is 1. The highest BCUT2D eigenvalue weighted by Gasteiger charge is 2.18. The van der Waals surface area contributed by atoms with E-state index < -0.39 is 16.3 Å². The zero-order valence-corrected chi connectivity index (χ0v) is 10.4. The summed E-state index contributed by atoms with van der Waals surface area (Å²) in [5.41, 5.74) is -0.117. The van der Waals surface area contributed by atoms with E-state index in [4.69, 9.17) is 4.74 Å². The third kappa shape index (κ3) is 4.38. The third-order valence-corrected chi connectivity index (χ3v) is 2.47. The van der Waals surface area contributed by atoms with E-state index in [-0.39, 0.29) is 17.9 Å². The molecule has 0 aliphatic carbocycles. The van der Waals surface area contributed by atoms with Gasteiger partial charge in [0, 0.05) is 0 Å². The Kier molecular flexibility index (Phi) is 4.99. The summed E-state index contributed by atoms with van der Waals surface area (Å²) < 4.78 is 34.1. The van der Waals surface area contributed by atoms with Crippen LogP contribution in [0.5, 0.6) is 5.75 Å². The number of carbonyl (C=O) groups is 1. The van der Waals surface area contributed by atoms with E-state index in [2.05, 4.69) is 15.2 Å². The Labute approximate surface area is 109 Å². The Hall–Kier alpha value is -2.44. The van der Waals surface area contributed by atoms with Gasteiger partial charge in [-0.3, -0.25) is 0 Å². The van der Waals surface area contributed by atoms with Gasteiger partial charge >= 0.3 is 16.3 Å². The molecule has 7 nitrogen and oxygen atoms in total. The second-order valence-corrected chi connectivity index (χ2v) is 4.28. The second-order valence-electron chi connectivity index (χ2n) is 3.08. The molecule has 0 bridgehead atoms. The molecule has 0 aromatic heterocycles. The van der Waals surface area contributed by atoms with Crippen LogP contribution in [0.1, 0.15) is 10.4 Å². The number of rotatable bonds is 6. The van der Waals surface area contributed by atoms with E-state index in [0.717, 1.165) is 6.08 Å². The molecular formula is C11H9NO6S. The van der Waals surface area contributed by atoms with Crippen molar-refractivity contribution >= 4 is 22.4 Å². The van der Waals surface area contributed by atoms with Gasteiger partial charge in [0.05, 0.1) is 0 Å². The molecule has 8 heteroatoms. The van der Waals surface area contributed by atoms with Gasteiger partial charge < -0.3 is 8.92 Å². The summed E-state index contributed by atoms with van der Waals surface area (Å²) in [6, 6.07) is 5.47. The Morgan fingerprint density at radius 1 is 1.42 bits per heavy atom. The first kappa shape index (κ1) is 14.6. The second kappa shape index (κ2) is 6.48. The predicted octanol–water partition coefficient (Wildman–Crippen LogP) is 0.989. The molecule has 0 aliphatic heterocycles. The van der Waals surface area contributed by atoms with Crippen LogP contribution in [-0.2, 0) is 19.8 Å². The summed E-state index contributed by atoms with van der Waals surface area (Å²) in [4.78, 5) is 21.5. The van der Waals surface area contributed by atoms with E-state index in [0.29, 0.717) is 0 Å². The summed E-state index contributed by atoms with van der Waals surface area (Å²) in [7, 11) is -4.49. The summed E-state index contributed by atoms with van der Waals surface area (Å²) >= 11 is 0. The van der Waals surface area contributed by atoms with Gasteiger partial charge in [0.25, 0.3) is 6.08 Å². The number of ether oxygens (including phenoxy) is 1. The van der Waals surface area contributed by atoms with Crippen LogP contribution < -0.4 is 4.18 Å². The molecule has 0 N–H and O–H groups in total. The molecule has 0 unspecified atom stereocenters. The highest BCUT2D eigenvalue weighted by molar-refractivity contribution is 7.85. The quantitative estimate of drug-likeness (QED) is 0.334. The van der Waals surface area contributed by atoms with Crippen LogP contribution in [0.4, 0.5) is 0 Å². The SMILES string of the molecule is C=CCOC(=O)c1ccccc1OS(=O)(=O)N=C=O. The summed E-state index contributed by atoms with van der Waals surface area (Å²) in [5, 5.41) is 0. The molecular weight excluding hydrogens is 274 g/mol. The predicted molar refractivity (Wildman–Crippen MR) is 64.6 cm³/mol. The van der Waals surface area contributed by atoms with Crippen LogP contribution in [0.25, 0.3) is 0 Å². The van der Waals surface area contributed by atoms with Crippen molar-refractivity contribution in [3.05, 3.63) is 42.5 Å². The highest BCUT2D eigenvalue weighted by Crippen LogP contribution is 2.21. The molecule has 0 atom stereocenters. The van der Waals surface area contributed by atoms with E-state index >= 15 is 0 Å². The van der Waals surface area contributed by atoms with Crippen LogP contribution in [0.2, 0.25) is 0 Å². The van der Waals surface area contributed by atoms with E-state index in [1.807, 2.05) is 0 Å². The Bertz CT molecular complexity index is 630. The van der Waals surface area contributed by atoms with E-state index in [9.17, 15) is 18.0 Å². The number of isocyanates is 1. The molecule has 0 spiro atoms. The summed E-state index contributed by atoms with van der Waals surface area (Å²) in [6.45, 7) is 3.33. The third-order valence-electron chi connectivity index (χ3n) is 1.78. The number of hydrogen-bond donors (Lipinski definition) is 0. The first-order chi connectivity index (χ1) is 9.00. The van der Waals surface area contributed by atoms with Crippen molar-refractivity contribution in [2.45, 2.75) is 0 Å². The van der Waals surface area contributed by atoms with Gasteiger partial charge in [-0.25, -0.2) is 9.59 Å². The summed E-state index contributed by atoms with van der Waals surface area (Å²) in [5.74, 6) is -1.09. The van der Waals surface area contributed by atoms with Gasteiger partial charge in [-0.2, -0.15) is 8.42 Å². The largest absolute Gasteiger partial charge is 0.458 e. The minimum Gasteiger partial charge on any atom is -0.458 e. The molecule has 0 fully saturated rings. The lowest BCUT2D eigenvalue weighted by Crippen LogP contribution is -2.11. The van der Waals surface area contributed by atoms with Crippen molar-refractivity contribution in [3.8, 4) is 5.75 Å². The zero-order chi connectivity index (χ0) is 14.3. The average molecular weight is 283 g/mol. The normalized spacial score (nSPS) is 10.1. The minimum absolute atomic E-state index is 0.0353. The van der Waals surface area contributed by atoms with Crippen LogP contribution in [0, 0.1) is 0 Å². The van der Waals surface area contributed by atoms with Gasteiger partial charge in [0.1, 0.15) is 12.2 Å². The molecule has 1 aromatic rings. The van der Waals surface area contributed by atoms with Crippen molar-refractivity contribution in [1.29, 1.82) is 0 Å². The van der Waals surface area contributed by atoms with E-state index in [1.165, 1.54) is 30.3 Å². The Morgan fingerprint density at radius 2 is 2.11 bits per heavy atom. The smallest absolute Gasteiger partial charge is 0.439 e. The molecule has 19 heavy (non-hydrogen) atoms. The molecule has 100 valence electrons. The number of hydrogen-bond acceptors (Lipinski definition) is 6. The maximum atomic E-state index is 11.6. The minimum atomic E-state index is -4.49. The van der Waals surface area contributed by atoms with Gasteiger partial charge in [-0.15, -0.1) is 0 Å². The number of nitrogens with zero attached hydrogens (tertiary/aromatic N) is 1. The maximum absolute atomic E-state index is 11.6. The molecule has 0 saturated heterocycles. The maximum Gasteiger partial charge on any atom is 0.439 e. The molecule has 1 aromatic carbocycles. The van der Waals surface area contributed by atoms with Crippen LogP contribution in [0.3, 0.4) is 0 Å². The first-order valence-corrected chi connectivity index (χ1v) is 6.27. The van der Waals surface area contributed by atoms with Crippen molar-refractivity contribution in [1.82, 2.24) is 0 Å². The lowest BCUT2D eigenvalue weighted by molar-refractivity contribution is 0.0548. The van der Waals surface area contributed by atoms with Crippen molar-refractivity contribution in [3.63, 3.8) is 0 Å². The first-order valence-electron chi connectivity index (χ1n) is 4.91.